The molecule has 1 N–H and O–H groups in total. The minimum Gasteiger partial charge on any atom is -0.393 e. The number of morpholine rings is 1. The Kier molecular flexibility index (Phi) is 3.50. The highest BCUT2D eigenvalue weighted by atomic mass is 16.5. The number of aliphatic hydroxyl groups excluding tert-OH is 1. The molecule has 0 amide bonds. The van der Waals surface area contributed by atoms with E-state index in [0.717, 1.165) is 23.1 Å². The van der Waals surface area contributed by atoms with Gasteiger partial charge in [-0.25, -0.2) is 4.98 Å². The van der Waals surface area contributed by atoms with Crippen LogP contribution in [0.25, 0.3) is 10.9 Å². The van der Waals surface area contributed by atoms with E-state index in [9.17, 15) is 5.11 Å². The second kappa shape index (κ2) is 5.32. The summed E-state index contributed by atoms with van der Waals surface area (Å²) in [7, 11) is 0. The number of benzene rings is 1. The van der Waals surface area contributed by atoms with Crippen LogP contribution in [0, 0.1) is 11.3 Å². The molecule has 1 saturated heterocycles. The van der Waals surface area contributed by atoms with Crippen molar-refractivity contribution in [2.24, 2.45) is 0 Å². The Balaban J connectivity index is 2.02. The Morgan fingerprint density at radius 3 is 3.05 bits per heavy atom. The van der Waals surface area contributed by atoms with Gasteiger partial charge in [0.15, 0.2) is 0 Å². The number of fused-ring (bicyclic) bond motifs is 1. The maximum Gasteiger partial charge on any atom is 0.141 e. The van der Waals surface area contributed by atoms with Crippen molar-refractivity contribution in [3.05, 3.63) is 36.0 Å². The fourth-order valence-corrected chi connectivity index (χ4v) is 2.71. The molecular formula is C16H17N3O2. The molecule has 21 heavy (non-hydrogen) atoms. The van der Waals surface area contributed by atoms with Crippen molar-refractivity contribution in [2.75, 3.05) is 31.2 Å². The van der Waals surface area contributed by atoms with E-state index in [-0.39, 0.29) is 6.61 Å². The molecule has 1 aromatic heterocycles. The van der Waals surface area contributed by atoms with Crippen LogP contribution >= 0.6 is 0 Å². The van der Waals surface area contributed by atoms with Crippen LogP contribution in [0.5, 0.6) is 0 Å². The first-order chi connectivity index (χ1) is 10.1. The van der Waals surface area contributed by atoms with Crippen molar-refractivity contribution in [2.45, 2.75) is 12.5 Å². The Hall–Kier alpha value is -2.16. The number of pyridine rings is 1. The number of aliphatic hydroxyl groups is 1. The lowest BCUT2D eigenvalue weighted by Crippen LogP contribution is -2.52. The molecule has 1 aromatic carbocycles. The van der Waals surface area contributed by atoms with Gasteiger partial charge in [0.1, 0.15) is 17.4 Å². The molecule has 0 radical (unpaired) electrons. The first-order valence-corrected chi connectivity index (χ1v) is 6.95. The largest absolute Gasteiger partial charge is 0.393 e. The zero-order valence-corrected chi connectivity index (χ0v) is 11.9. The van der Waals surface area contributed by atoms with Gasteiger partial charge < -0.3 is 14.7 Å². The maximum atomic E-state index is 9.50. The third-order valence-electron chi connectivity index (χ3n) is 3.84. The first-order valence-electron chi connectivity index (χ1n) is 6.95. The third kappa shape index (κ3) is 2.56. The van der Waals surface area contributed by atoms with Gasteiger partial charge in [0, 0.05) is 24.2 Å². The summed E-state index contributed by atoms with van der Waals surface area (Å²) in [6.07, 6.45) is 0. The summed E-state index contributed by atoms with van der Waals surface area (Å²) in [4.78, 5) is 6.54. The van der Waals surface area contributed by atoms with E-state index in [2.05, 4.69) is 16.0 Å². The molecule has 1 atom stereocenters. The van der Waals surface area contributed by atoms with Crippen molar-refractivity contribution >= 4 is 16.6 Å². The Labute approximate surface area is 123 Å². The summed E-state index contributed by atoms with van der Waals surface area (Å²) in [5.74, 6) is 0. The summed E-state index contributed by atoms with van der Waals surface area (Å²) in [5.41, 5.74) is 1.75. The minimum atomic E-state index is -0.541. The molecule has 3 rings (SSSR count). The number of anilines is 1. The van der Waals surface area contributed by atoms with Gasteiger partial charge in [-0.3, -0.25) is 0 Å². The number of nitriles is 1. The van der Waals surface area contributed by atoms with Crippen LogP contribution in [-0.4, -0.2) is 42.0 Å². The molecule has 5 nitrogen and oxygen atoms in total. The summed E-state index contributed by atoms with van der Waals surface area (Å²) in [5, 5.41) is 19.5. The van der Waals surface area contributed by atoms with Gasteiger partial charge in [-0.15, -0.1) is 0 Å². The predicted octanol–water partition coefficient (Wildman–Crippen LogP) is 1.69. The van der Waals surface area contributed by atoms with Crippen LogP contribution in [0.4, 0.5) is 5.69 Å². The van der Waals surface area contributed by atoms with E-state index in [4.69, 9.17) is 10.00 Å². The average Bonchev–Trinajstić information content (AvgIpc) is 2.53. The van der Waals surface area contributed by atoms with E-state index in [0.29, 0.717) is 18.8 Å². The second-order valence-corrected chi connectivity index (χ2v) is 5.53. The van der Waals surface area contributed by atoms with E-state index in [1.165, 1.54) is 0 Å². The topological polar surface area (TPSA) is 69.4 Å². The Bertz CT molecular complexity index is 710. The monoisotopic (exact) mass is 283 g/mol. The van der Waals surface area contributed by atoms with Crippen LogP contribution in [0.1, 0.15) is 12.6 Å². The molecule has 1 unspecified atom stereocenters. The standard InChI is InChI=1S/C16H17N3O2/c1-16(11-20)10-19(7-8-21-16)15-4-2-3-14-13(15)6-5-12(9-17)18-14/h2-6,20H,7-8,10-11H2,1H3. The molecule has 0 saturated carbocycles. The lowest BCUT2D eigenvalue weighted by Gasteiger charge is -2.40. The SMILES string of the molecule is CC1(CO)CN(c2cccc3nc(C#N)ccc23)CCO1. The maximum absolute atomic E-state index is 9.50. The molecule has 0 aliphatic carbocycles. The van der Waals surface area contributed by atoms with Crippen LogP contribution < -0.4 is 4.90 Å². The summed E-state index contributed by atoms with van der Waals surface area (Å²) >= 11 is 0. The summed E-state index contributed by atoms with van der Waals surface area (Å²) < 4.78 is 5.66. The average molecular weight is 283 g/mol. The van der Waals surface area contributed by atoms with Crippen molar-refractivity contribution in [1.82, 2.24) is 4.98 Å². The lowest BCUT2D eigenvalue weighted by atomic mass is 10.0. The minimum absolute atomic E-state index is 0.00883. The van der Waals surface area contributed by atoms with Gasteiger partial charge in [-0.1, -0.05) is 6.07 Å². The highest BCUT2D eigenvalue weighted by Gasteiger charge is 2.32. The predicted molar refractivity (Wildman–Crippen MR) is 80.1 cm³/mol. The number of ether oxygens (including phenoxy) is 1. The van der Waals surface area contributed by atoms with E-state index in [1.807, 2.05) is 31.2 Å². The zero-order chi connectivity index (χ0) is 14.9. The highest BCUT2D eigenvalue weighted by Crippen LogP contribution is 2.29. The van der Waals surface area contributed by atoms with Gasteiger partial charge in [-0.2, -0.15) is 5.26 Å². The molecule has 1 fully saturated rings. The Morgan fingerprint density at radius 1 is 1.43 bits per heavy atom. The third-order valence-corrected chi connectivity index (χ3v) is 3.84. The molecule has 2 aromatic rings. The van der Waals surface area contributed by atoms with Crippen molar-refractivity contribution in [3.63, 3.8) is 0 Å². The molecule has 1 aliphatic heterocycles. The van der Waals surface area contributed by atoms with Crippen molar-refractivity contribution in [3.8, 4) is 6.07 Å². The molecule has 0 spiro atoms. The van der Waals surface area contributed by atoms with E-state index in [1.54, 1.807) is 6.07 Å². The summed E-state index contributed by atoms with van der Waals surface area (Å²) in [6.45, 7) is 3.88. The van der Waals surface area contributed by atoms with Gasteiger partial charge in [0.05, 0.1) is 18.7 Å². The fraction of sp³-hybridized carbons (Fsp3) is 0.375. The molecule has 2 heterocycles. The van der Waals surface area contributed by atoms with E-state index >= 15 is 0 Å². The highest BCUT2D eigenvalue weighted by molar-refractivity contribution is 5.92. The number of hydrogen-bond donors (Lipinski definition) is 1. The normalized spacial score (nSPS) is 22.2. The number of nitrogens with zero attached hydrogens (tertiary/aromatic N) is 3. The molecule has 108 valence electrons. The van der Waals surface area contributed by atoms with Gasteiger partial charge >= 0.3 is 0 Å². The second-order valence-electron chi connectivity index (χ2n) is 5.53. The van der Waals surface area contributed by atoms with Crippen molar-refractivity contribution < 1.29 is 9.84 Å². The van der Waals surface area contributed by atoms with Crippen molar-refractivity contribution in [1.29, 1.82) is 5.26 Å². The van der Waals surface area contributed by atoms with Crippen LogP contribution in [0.3, 0.4) is 0 Å². The number of hydrogen-bond acceptors (Lipinski definition) is 5. The van der Waals surface area contributed by atoms with Crippen LogP contribution in [0.15, 0.2) is 30.3 Å². The molecule has 5 heteroatoms. The van der Waals surface area contributed by atoms with Gasteiger partial charge in [0.2, 0.25) is 0 Å². The Morgan fingerprint density at radius 2 is 2.29 bits per heavy atom. The molecule has 0 bridgehead atoms. The summed E-state index contributed by atoms with van der Waals surface area (Å²) in [6, 6.07) is 11.6. The van der Waals surface area contributed by atoms with Gasteiger partial charge in [0.25, 0.3) is 0 Å². The fourth-order valence-electron chi connectivity index (χ4n) is 2.71. The van der Waals surface area contributed by atoms with Gasteiger partial charge in [-0.05, 0) is 31.2 Å². The zero-order valence-electron chi connectivity index (χ0n) is 11.9. The van der Waals surface area contributed by atoms with E-state index < -0.39 is 5.60 Å². The first kappa shape index (κ1) is 13.8. The van der Waals surface area contributed by atoms with Crippen LogP contribution in [0.2, 0.25) is 0 Å². The number of aromatic nitrogens is 1. The smallest absolute Gasteiger partial charge is 0.141 e. The molecule has 1 aliphatic rings. The number of rotatable bonds is 2. The quantitative estimate of drug-likeness (QED) is 0.908. The lowest BCUT2D eigenvalue weighted by molar-refractivity contribution is -0.0742. The van der Waals surface area contributed by atoms with Crippen LogP contribution in [-0.2, 0) is 4.74 Å². The molecular weight excluding hydrogens is 266 g/mol.